The first kappa shape index (κ1) is 11.8. The number of carbonyl (C=O) groups excluding carboxylic acids is 1. The zero-order valence-corrected chi connectivity index (χ0v) is 10.0. The van der Waals surface area contributed by atoms with Crippen LogP contribution in [0.25, 0.3) is 0 Å². The van der Waals surface area contributed by atoms with E-state index in [0.29, 0.717) is 11.3 Å². The Kier molecular flexibility index (Phi) is 3.18. The molecule has 82 valence electrons. The third-order valence-electron chi connectivity index (χ3n) is 2.45. The zero-order chi connectivity index (χ0) is 11.6. The second-order valence-corrected chi connectivity index (χ2v) is 4.72. The normalized spacial score (nSPS) is 11.3. The number of ketones is 1. The second-order valence-electron chi connectivity index (χ2n) is 4.72. The Labute approximate surface area is 91.3 Å². The molecule has 0 aliphatic carbocycles. The molecule has 0 heterocycles. The van der Waals surface area contributed by atoms with Gasteiger partial charge in [0.2, 0.25) is 0 Å². The zero-order valence-electron chi connectivity index (χ0n) is 10.0. The first-order chi connectivity index (χ1) is 6.86. The van der Waals surface area contributed by atoms with Gasteiger partial charge in [0, 0.05) is 0 Å². The van der Waals surface area contributed by atoms with Crippen LogP contribution in [0.5, 0.6) is 5.75 Å². The first-order valence-corrected chi connectivity index (χ1v) is 5.05. The van der Waals surface area contributed by atoms with E-state index in [1.807, 2.05) is 18.2 Å². The number of methoxy groups -OCH3 is 1. The molecule has 0 amide bonds. The van der Waals surface area contributed by atoms with Crippen molar-refractivity contribution in [2.45, 2.75) is 33.1 Å². The Hall–Kier alpha value is -1.31. The maximum atomic E-state index is 11.3. The molecule has 0 atom stereocenters. The molecule has 0 saturated carbocycles. The molecular formula is C13H18O2. The molecule has 0 unspecified atom stereocenters. The molecule has 2 nitrogen and oxygen atoms in total. The number of Topliss-reactive ketones (excluding diaryl/α,β-unsaturated/α-hetero) is 1. The van der Waals surface area contributed by atoms with Crippen LogP contribution in [-0.2, 0) is 5.41 Å². The van der Waals surface area contributed by atoms with Crippen molar-refractivity contribution in [1.29, 1.82) is 0 Å². The summed E-state index contributed by atoms with van der Waals surface area (Å²) in [5, 5.41) is 0. The highest BCUT2D eigenvalue weighted by Crippen LogP contribution is 2.28. The molecule has 0 radical (unpaired) electrons. The summed E-state index contributed by atoms with van der Waals surface area (Å²) in [6.07, 6.45) is 0. The van der Waals surface area contributed by atoms with Gasteiger partial charge in [-0.2, -0.15) is 0 Å². The summed E-state index contributed by atoms with van der Waals surface area (Å²) < 4.78 is 5.22. The molecule has 15 heavy (non-hydrogen) atoms. The van der Waals surface area contributed by atoms with Crippen LogP contribution in [0.4, 0.5) is 0 Å². The van der Waals surface area contributed by atoms with Gasteiger partial charge in [0.15, 0.2) is 5.78 Å². The molecule has 0 spiro atoms. The lowest BCUT2D eigenvalue weighted by atomic mass is 9.86. The van der Waals surface area contributed by atoms with Crippen LogP contribution in [0.2, 0.25) is 0 Å². The smallest absolute Gasteiger partial charge is 0.163 e. The summed E-state index contributed by atoms with van der Waals surface area (Å²) in [4.78, 5) is 11.3. The number of ether oxygens (including phenoxy) is 1. The minimum atomic E-state index is 0.0345. The summed E-state index contributed by atoms with van der Waals surface area (Å²) in [6.45, 7) is 7.95. The van der Waals surface area contributed by atoms with E-state index in [1.165, 1.54) is 5.56 Å². The van der Waals surface area contributed by atoms with E-state index < -0.39 is 0 Å². The average molecular weight is 206 g/mol. The SMILES string of the molecule is COc1cc(C(C)(C)C)ccc1C(C)=O. The Morgan fingerprint density at radius 1 is 1.27 bits per heavy atom. The third-order valence-corrected chi connectivity index (χ3v) is 2.45. The molecule has 0 N–H and O–H groups in total. The van der Waals surface area contributed by atoms with Gasteiger partial charge in [0.05, 0.1) is 12.7 Å². The van der Waals surface area contributed by atoms with Gasteiger partial charge in [0.1, 0.15) is 5.75 Å². The maximum Gasteiger partial charge on any atom is 0.163 e. The van der Waals surface area contributed by atoms with Crippen molar-refractivity contribution in [2.75, 3.05) is 7.11 Å². The lowest BCUT2D eigenvalue weighted by Gasteiger charge is -2.20. The van der Waals surface area contributed by atoms with Gasteiger partial charge in [-0.25, -0.2) is 0 Å². The molecule has 1 aromatic carbocycles. The van der Waals surface area contributed by atoms with Crippen molar-refractivity contribution < 1.29 is 9.53 Å². The standard InChI is InChI=1S/C13H18O2/c1-9(14)11-7-6-10(13(2,3)4)8-12(11)15-5/h6-8H,1-5H3. The minimum Gasteiger partial charge on any atom is -0.496 e. The quantitative estimate of drug-likeness (QED) is 0.694. The van der Waals surface area contributed by atoms with Crippen LogP contribution in [0.1, 0.15) is 43.6 Å². The lowest BCUT2D eigenvalue weighted by Crippen LogP contribution is -2.12. The van der Waals surface area contributed by atoms with Crippen molar-refractivity contribution >= 4 is 5.78 Å². The number of hydrogen-bond donors (Lipinski definition) is 0. The molecule has 0 saturated heterocycles. The second kappa shape index (κ2) is 4.05. The monoisotopic (exact) mass is 206 g/mol. The molecular weight excluding hydrogens is 188 g/mol. The highest BCUT2D eigenvalue weighted by Gasteiger charge is 2.16. The number of benzene rings is 1. The van der Waals surface area contributed by atoms with E-state index >= 15 is 0 Å². The largest absolute Gasteiger partial charge is 0.496 e. The summed E-state index contributed by atoms with van der Waals surface area (Å²) in [6, 6.07) is 5.76. The fourth-order valence-electron chi connectivity index (χ4n) is 1.45. The average Bonchev–Trinajstić information content (AvgIpc) is 2.15. The Balaban J connectivity index is 3.25. The van der Waals surface area contributed by atoms with Gasteiger partial charge in [-0.1, -0.05) is 26.8 Å². The summed E-state index contributed by atoms with van der Waals surface area (Å²) in [7, 11) is 1.59. The first-order valence-electron chi connectivity index (χ1n) is 5.05. The molecule has 0 bridgehead atoms. The Bertz CT molecular complexity index is 373. The van der Waals surface area contributed by atoms with Gasteiger partial charge in [-0.05, 0) is 30.0 Å². The third kappa shape index (κ3) is 2.58. The molecule has 0 aromatic heterocycles. The molecule has 1 aromatic rings. The predicted octanol–water partition coefficient (Wildman–Crippen LogP) is 3.20. The summed E-state index contributed by atoms with van der Waals surface area (Å²) in [5.41, 5.74) is 1.89. The lowest BCUT2D eigenvalue weighted by molar-refractivity contribution is 0.101. The van der Waals surface area contributed by atoms with Gasteiger partial charge in [-0.3, -0.25) is 4.79 Å². The number of hydrogen-bond acceptors (Lipinski definition) is 2. The van der Waals surface area contributed by atoms with Crippen LogP contribution in [0, 0.1) is 0 Å². The van der Waals surface area contributed by atoms with Crippen molar-refractivity contribution in [2.24, 2.45) is 0 Å². The van der Waals surface area contributed by atoms with Gasteiger partial charge in [-0.15, -0.1) is 0 Å². The topological polar surface area (TPSA) is 26.3 Å². The molecule has 2 heteroatoms. The number of rotatable bonds is 2. The number of carbonyl (C=O) groups is 1. The molecule has 0 aliphatic rings. The van der Waals surface area contributed by atoms with Crippen molar-refractivity contribution in [1.82, 2.24) is 0 Å². The van der Waals surface area contributed by atoms with E-state index in [-0.39, 0.29) is 11.2 Å². The van der Waals surface area contributed by atoms with E-state index in [2.05, 4.69) is 20.8 Å². The van der Waals surface area contributed by atoms with Gasteiger partial charge >= 0.3 is 0 Å². The van der Waals surface area contributed by atoms with Gasteiger partial charge in [0.25, 0.3) is 0 Å². The van der Waals surface area contributed by atoms with Crippen LogP contribution in [0.3, 0.4) is 0 Å². The summed E-state index contributed by atoms with van der Waals surface area (Å²) >= 11 is 0. The fraction of sp³-hybridized carbons (Fsp3) is 0.462. The van der Waals surface area contributed by atoms with Crippen molar-refractivity contribution in [3.05, 3.63) is 29.3 Å². The maximum absolute atomic E-state index is 11.3. The van der Waals surface area contributed by atoms with E-state index in [9.17, 15) is 4.79 Å². The predicted molar refractivity (Wildman–Crippen MR) is 61.7 cm³/mol. The fourth-order valence-corrected chi connectivity index (χ4v) is 1.45. The molecule has 0 aliphatic heterocycles. The highest BCUT2D eigenvalue weighted by molar-refractivity contribution is 5.96. The molecule has 0 fully saturated rings. The van der Waals surface area contributed by atoms with Crippen LogP contribution in [0.15, 0.2) is 18.2 Å². The minimum absolute atomic E-state index is 0.0345. The van der Waals surface area contributed by atoms with Crippen LogP contribution < -0.4 is 4.74 Å². The van der Waals surface area contributed by atoms with Crippen molar-refractivity contribution in [3.8, 4) is 5.75 Å². The Morgan fingerprint density at radius 2 is 1.87 bits per heavy atom. The summed E-state index contributed by atoms with van der Waals surface area (Å²) in [5.74, 6) is 0.697. The van der Waals surface area contributed by atoms with Crippen LogP contribution >= 0.6 is 0 Å². The van der Waals surface area contributed by atoms with E-state index in [0.717, 1.165) is 0 Å². The highest BCUT2D eigenvalue weighted by atomic mass is 16.5. The Morgan fingerprint density at radius 3 is 2.27 bits per heavy atom. The van der Waals surface area contributed by atoms with E-state index in [4.69, 9.17) is 4.74 Å². The van der Waals surface area contributed by atoms with Crippen LogP contribution in [-0.4, -0.2) is 12.9 Å². The molecule has 1 rings (SSSR count). The van der Waals surface area contributed by atoms with Gasteiger partial charge < -0.3 is 4.74 Å². The van der Waals surface area contributed by atoms with Crippen molar-refractivity contribution in [3.63, 3.8) is 0 Å². The van der Waals surface area contributed by atoms with E-state index in [1.54, 1.807) is 14.0 Å².